The quantitative estimate of drug-likeness (QED) is 0.0385. The van der Waals surface area contributed by atoms with Crippen molar-refractivity contribution < 1.29 is 14.4 Å². The van der Waals surface area contributed by atoms with Crippen LogP contribution in [0.1, 0.15) is 234 Å². The minimum atomic E-state index is 0.0949. The van der Waals surface area contributed by atoms with Gasteiger partial charge in [0.2, 0.25) is 17.7 Å². The highest BCUT2D eigenvalue weighted by molar-refractivity contribution is 5.77. The van der Waals surface area contributed by atoms with E-state index in [1.807, 2.05) is 0 Å². The van der Waals surface area contributed by atoms with Gasteiger partial charge < -0.3 is 36.8 Å². The number of nitrogens with zero attached hydrogens (tertiary/aromatic N) is 2. The molecule has 0 radical (unpaired) electrons. The molecule has 0 aliphatic heterocycles. The summed E-state index contributed by atoms with van der Waals surface area (Å²) in [5.41, 5.74) is 5.95. The molecule has 0 aromatic rings. The number of carbonyl (C=O) groups excluding carboxylic acids is 3. The van der Waals surface area contributed by atoms with E-state index in [2.05, 4.69) is 72.6 Å². The number of nitrogens with one attached hydrogen (secondary N) is 4. The smallest absolute Gasteiger partial charge is 0.221 e. The molecule has 0 saturated heterocycles. The van der Waals surface area contributed by atoms with Gasteiger partial charge in [-0.25, -0.2) is 0 Å². The zero-order valence-corrected chi connectivity index (χ0v) is 41.5. The van der Waals surface area contributed by atoms with Crippen LogP contribution in [0.5, 0.6) is 0 Å². The lowest BCUT2D eigenvalue weighted by Crippen LogP contribution is -2.42. The molecule has 3 unspecified atom stereocenters. The minimum absolute atomic E-state index is 0.0949. The largest absolute Gasteiger partial charge is 0.354 e. The van der Waals surface area contributed by atoms with Crippen LogP contribution in [0, 0.1) is 0 Å². The van der Waals surface area contributed by atoms with Gasteiger partial charge >= 0.3 is 0 Å². The minimum Gasteiger partial charge on any atom is -0.354 e. The third-order valence-corrected chi connectivity index (χ3v) is 12.3. The molecular weight excluding hydrogens is 759 g/mol. The topological polar surface area (TPSA) is 132 Å². The van der Waals surface area contributed by atoms with Crippen LogP contribution in [0.2, 0.25) is 0 Å². The molecule has 0 aliphatic rings. The summed E-state index contributed by atoms with van der Waals surface area (Å²) in [6, 6.07) is 0.576. The summed E-state index contributed by atoms with van der Waals surface area (Å²) < 4.78 is 0. The Kier molecular flexibility index (Phi) is 43.6. The molecule has 0 aromatic heterocycles. The number of hydrogen-bond donors (Lipinski definition) is 5. The van der Waals surface area contributed by atoms with Crippen molar-refractivity contribution >= 4 is 17.7 Å². The molecule has 61 heavy (non-hydrogen) atoms. The van der Waals surface area contributed by atoms with Crippen molar-refractivity contribution in [2.75, 3.05) is 58.9 Å². The highest BCUT2D eigenvalue weighted by Crippen LogP contribution is 2.13. The Balaban J connectivity index is 4.75. The maximum absolute atomic E-state index is 13.0. The van der Waals surface area contributed by atoms with Crippen LogP contribution in [-0.2, 0) is 14.4 Å². The van der Waals surface area contributed by atoms with Crippen molar-refractivity contribution in [3.63, 3.8) is 0 Å². The number of amides is 3. The van der Waals surface area contributed by atoms with E-state index in [-0.39, 0.29) is 35.8 Å². The van der Waals surface area contributed by atoms with Gasteiger partial charge in [0, 0.05) is 96.3 Å². The van der Waals surface area contributed by atoms with Crippen molar-refractivity contribution in [2.24, 2.45) is 5.73 Å². The van der Waals surface area contributed by atoms with E-state index < -0.39 is 0 Å². The van der Waals surface area contributed by atoms with Gasteiger partial charge in [0.25, 0.3) is 0 Å². The monoisotopic (exact) mass is 864 g/mol. The predicted molar refractivity (Wildman–Crippen MR) is 263 cm³/mol. The Hall–Kier alpha value is -1.75. The van der Waals surface area contributed by atoms with Crippen molar-refractivity contribution in [3.05, 3.63) is 0 Å². The second kappa shape index (κ2) is 44.8. The molecule has 3 amide bonds. The average molecular weight is 864 g/mol. The highest BCUT2D eigenvalue weighted by Gasteiger charge is 2.15. The van der Waals surface area contributed by atoms with E-state index in [1.165, 1.54) is 141 Å². The van der Waals surface area contributed by atoms with Gasteiger partial charge in [0.1, 0.15) is 0 Å². The third kappa shape index (κ3) is 42.0. The van der Waals surface area contributed by atoms with Crippen LogP contribution in [0.3, 0.4) is 0 Å². The second-order valence-corrected chi connectivity index (χ2v) is 18.7. The summed E-state index contributed by atoms with van der Waals surface area (Å²) in [6.45, 7) is 19.6. The molecule has 0 bridgehead atoms. The Morgan fingerprint density at radius 1 is 0.393 bits per heavy atom. The third-order valence-electron chi connectivity index (χ3n) is 12.3. The predicted octanol–water partition coefficient (Wildman–Crippen LogP) is 10.4. The van der Waals surface area contributed by atoms with Crippen molar-refractivity contribution in [2.45, 2.75) is 252 Å². The van der Waals surface area contributed by atoms with Gasteiger partial charge in [-0.1, -0.05) is 175 Å². The first-order chi connectivity index (χ1) is 29.6. The first-order valence-electron chi connectivity index (χ1n) is 26.4. The summed E-state index contributed by atoms with van der Waals surface area (Å²) in [4.78, 5) is 43.3. The molecule has 3 atom stereocenters. The zero-order chi connectivity index (χ0) is 45.0. The lowest BCUT2D eigenvalue weighted by Gasteiger charge is -2.24. The Labute approximate surface area is 379 Å². The van der Waals surface area contributed by atoms with E-state index >= 15 is 0 Å². The van der Waals surface area contributed by atoms with E-state index in [1.54, 1.807) is 0 Å². The molecule has 0 spiro atoms. The van der Waals surface area contributed by atoms with Gasteiger partial charge in [0.05, 0.1) is 0 Å². The standard InChI is InChI=1S/C51H105N7O3/c1-7-10-13-16-19-22-25-28-31-46(4)54-49(59)34-40-57(41-35-50(60)55-47(5)32-29-26-23-20-17-14-11-8-2)44-38-53-39-45-58(43-37-52)42-36-51(61)56-48(6)33-30-27-24-21-18-15-12-9-3/h46-48,53H,7-45,52H2,1-6H3,(H,54,59)(H,55,60)(H,56,61). The average Bonchev–Trinajstić information content (AvgIpc) is 3.23. The van der Waals surface area contributed by atoms with Gasteiger partial charge in [0.15, 0.2) is 0 Å². The van der Waals surface area contributed by atoms with Gasteiger partial charge in [-0.15, -0.1) is 0 Å². The van der Waals surface area contributed by atoms with E-state index in [0.717, 1.165) is 64.8 Å². The number of hydrogen-bond acceptors (Lipinski definition) is 7. The summed E-state index contributed by atoms with van der Waals surface area (Å²) in [5, 5.41) is 13.3. The van der Waals surface area contributed by atoms with E-state index in [0.29, 0.717) is 45.4 Å². The molecule has 0 aromatic carbocycles. The maximum Gasteiger partial charge on any atom is 0.221 e. The summed E-state index contributed by atoms with van der Waals surface area (Å²) in [6.07, 6.45) is 35.6. The SMILES string of the molecule is CCCCCCCCCCC(C)NC(=O)CCN(CCN)CCNCCN(CCC(=O)NC(C)CCCCCCCCCC)CCC(=O)NC(C)CCCCCCCCCC. The number of carbonyl (C=O) groups is 3. The molecular formula is C51H105N7O3. The summed E-state index contributed by atoms with van der Waals surface area (Å²) in [5.74, 6) is 0.311. The molecule has 0 rings (SSSR count). The molecule has 10 heteroatoms. The Morgan fingerprint density at radius 2 is 0.656 bits per heavy atom. The molecule has 0 heterocycles. The van der Waals surface area contributed by atoms with E-state index in [4.69, 9.17) is 5.73 Å². The molecule has 362 valence electrons. The van der Waals surface area contributed by atoms with Crippen LogP contribution in [0.25, 0.3) is 0 Å². The van der Waals surface area contributed by atoms with Crippen LogP contribution < -0.4 is 27.0 Å². The number of unbranched alkanes of at least 4 members (excludes halogenated alkanes) is 21. The Morgan fingerprint density at radius 3 is 0.934 bits per heavy atom. The zero-order valence-electron chi connectivity index (χ0n) is 41.5. The van der Waals surface area contributed by atoms with Crippen LogP contribution in [0.15, 0.2) is 0 Å². The maximum atomic E-state index is 13.0. The van der Waals surface area contributed by atoms with Gasteiger partial charge in [-0.05, 0) is 40.0 Å². The fourth-order valence-electron chi connectivity index (χ4n) is 8.24. The number of nitrogens with two attached hydrogens (primary N) is 1. The van der Waals surface area contributed by atoms with E-state index in [9.17, 15) is 14.4 Å². The Bertz CT molecular complexity index is 942. The molecule has 10 nitrogen and oxygen atoms in total. The number of rotatable bonds is 47. The van der Waals surface area contributed by atoms with Crippen molar-refractivity contribution in [3.8, 4) is 0 Å². The first kappa shape index (κ1) is 59.2. The summed E-state index contributed by atoms with van der Waals surface area (Å²) >= 11 is 0. The van der Waals surface area contributed by atoms with Gasteiger partial charge in [-0.2, -0.15) is 0 Å². The lowest BCUT2D eigenvalue weighted by molar-refractivity contribution is -0.123. The van der Waals surface area contributed by atoms with Crippen LogP contribution >= 0.6 is 0 Å². The van der Waals surface area contributed by atoms with Crippen molar-refractivity contribution in [1.82, 2.24) is 31.1 Å². The lowest BCUT2D eigenvalue weighted by atomic mass is 10.1. The summed E-state index contributed by atoms with van der Waals surface area (Å²) in [7, 11) is 0. The first-order valence-corrected chi connectivity index (χ1v) is 26.4. The molecule has 0 aliphatic carbocycles. The highest BCUT2D eigenvalue weighted by atomic mass is 16.2. The molecule has 0 fully saturated rings. The fourth-order valence-corrected chi connectivity index (χ4v) is 8.24. The van der Waals surface area contributed by atoms with Gasteiger partial charge in [-0.3, -0.25) is 14.4 Å². The van der Waals surface area contributed by atoms with Crippen LogP contribution in [0.4, 0.5) is 0 Å². The van der Waals surface area contributed by atoms with Crippen LogP contribution in [-0.4, -0.2) is 105 Å². The molecule has 0 saturated carbocycles. The molecule has 6 N–H and O–H groups in total. The fraction of sp³-hybridized carbons (Fsp3) is 0.941. The van der Waals surface area contributed by atoms with Crippen molar-refractivity contribution in [1.29, 1.82) is 0 Å². The normalized spacial score (nSPS) is 13.1. The second-order valence-electron chi connectivity index (χ2n) is 18.7.